The Kier molecular flexibility index (Phi) is 4.13. The van der Waals surface area contributed by atoms with Crippen LogP contribution >= 0.6 is 15.9 Å². The van der Waals surface area contributed by atoms with Crippen molar-refractivity contribution >= 4 is 21.7 Å². The average Bonchev–Trinajstić information content (AvgIpc) is 3.05. The van der Waals surface area contributed by atoms with Gasteiger partial charge in [0.1, 0.15) is 5.78 Å². The van der Waals surface area contributed by atoms with Crippen LogP contribution in [0.15, 0.2) is 28.7 Å². The van der Waals surface area contributed by atoms with Crippen molar-refractivity contribution in [3.63, 3.8) is 0 Å². The molecule has 0 aliphatic heterocycles. The number of hydrogen-bond donors (Lipinski definition) is 1. The van der Waals surface area contributed by atoms with Crippen LogP contribution in [0, 0.1) is 0 Å². The highest BCUT2D eigenvalue weighted by molar-refractivity contribution is 9.10. The summed E-state index contributed by atoms with van der Waals surface area (Å²) in [7, 11) is 0. The molecule has 0 heterocycles. The first-order valence-electron chi connectivity index (χ1n) is 5.73. The molecule has 3 heteroatoms. The Balaban J connectivity index is 1.70. The number of carbonyl (C=O) groups is 1. The lowest BCUT2D eigenvalue weighted by Crippen LogP contribution is -2.20. The maximum absolute atomic E-state index is 11.6. The van der Waals surface area contributed by atoms with E-state index in [9.17, 15) is 4.79 Å². The zero-order valence-corrected chi connectivity index (χ0v) is 10.8. The summed E-state index contributed by atoms with van der Waals surface area (Å²) >= 11 is 3.38. The molecule has 2 nitrogen and oxygen atoms in total. The molecule has 0 saturated heterocycles. The molecule has 0 aromatic heterocycles. The number of nitrogens with one attached hydrogen (secondary N) is 1. The second-order valence-electron chi connectivity index (χ2n) is 4.32. The van der Waals surface area contributed by atoms with E-state index in [0.717, 1.165) is 16.6 Å². The molecule has 16 heavy (non-hydrogen) atoms. The second-order valence-corrected chi connectivity index (χ2v) is 5.24. The summed E-state index contributed by atoms with van der Waals surface area (Å²) in [4.78, 5) is 11.6. The Bertz CT molecular complexity index is 357. The molecule has 1 aliphatic carbocycles. The molecule has 1 N–H and O–H groups in total. The van der Waals surface area contributed by atoms with Crippen LogP contribution in [0.4, 0.5) is 0 Å². The molecule has 1 aliphatic rings. The van der Waals surface area contributed by atoms with Gasteiger partial charge in [-0.3, -0.25) is 4.79 Å². The zero-order valence-electron chi connectivity index (χ0n) is 9.21. The summed E-state index contributed by atoms with van der Waals surface area (Å²) < 4.78 is 1.05. The van der Waals surface area contributed by atoms with Gasteiger partial charge in [-0.2, -0.15) is 0 Å². The number of rotatable bonds is 6. The van der Waals surface area contributed by atoms with Gasteiger partial charge in [-0.25, -0.2) is 0 Å². The van der Waals surface area contributed by atoms with Crippen molar-refractivity contribution in [3.8, 4) is 0 Å². The summed E-state index contributed by atoms with van der Waals surface area (Å²) in [5.41, 5.74) is 1.10. The summed E-state index contributed by atoms with van der Waals surface area (Å²) in [5, 5.41) is 3.35. The first kappa shape index (κ1) is 11.8. The van der Waals surface area contributed by atoms with Gasteiger partial charge < -0.3 is 5.32 Å². The third-order valence-corrected chi connectivity index (χ3v) is 3.26. The SMILES string of the molecule is O=C(CCNC1CC1)Cc1ccc(Br)cc1. The smallest absolute Gasteiger partial charge is 0.138 e. The van der Waals surface area contributed by atoms with Gasteiger partial charge in [-0.1, -0.05) is 28.1 Å². The summed E-state index contributed by atoms with van der Waals surface area (Å²) in [6, 6.07) is 8.64. The van der Waals surface area contributed by atoms with Gasteiger partial charge in [-0.05, 0) is 30.5 Å². The van der Waals surface area contributed by atoms with Crippen molar-refractivity contribution in [2.75, 3.05) is 6.54 Å². The highest BCUT2D eigenvalue weighted by Crippen LogP contribution is 2.18. The molecule has 1 fully saturated rings. The fourth-order valence-corrected chi connectivity index (χ4v) is 1.89. The molecule has 0 radical (unpaired) electrons. The molecule has 1 saturated carbocycles. The van der Waals surface area contributed by atoms with Gasteiger partial charge >= 0.3 is 0 Å². The predicted octanol–water partition coefficient (Wildman–Crippen LogP) is 2.70. The van der Waals surface area contributed by atoms with E-state index < -0.39 is 0 Å². The molecule has 0 bridgehead atoms. The van der Waals surface area contributed by atoms with Gasteiger partial charge in [0.25, 0.3) is 0 Å². The Morgan fingerprint density at radius 2 is 2.00 bits per heavy atom. The minimum absolute atomic E-state index is 0.315. The lowest BCUT2D eigenvalue weighted by Gasteiger charge is -2.03. The van der Waals surface area contributed by atoms with Gasteiger partial charge in [0, 0.05) is 29.9 Å². The van der Waals surface area contributed by atoms with Crippen molar-refractivity contribution in [1.29, 1.82) is 0 Å². The largest absolute Gasteiger partial charge is 0.314 e. The lowest BCUT2D eigenvalue weighted by atomic mass is 10.1. The number of hydrogen-bond acceptors (Lipinski definition) is 2. The highest BCUT2D eigenvalue weighted by atomic mass is 79.9. The third-order valence-electron chi connectivity index (χ3n) is 2.73. The van der Waals surface area contributed by atoms with Gasteiger partial charge in [0.2, 0.25) is 0 Å². The maximum Gasteiger partial charge on any atom is 0.138 e. The van der Waals surface area contributed by atoms with E-state index >= 15 is 0 Å². The fraction of sp³-hybridized carbons (Fsp3) is 0.462. The summed E-state index contributed by atoms with van der Waals surface area (Å²) in [6.45, 7) is 0.833. The molecule has 0 amide bonds. The van der Waals surface area contributed by atoms with Crippen LogP contribution in [0.25, 0.3) is 0 Å². The standard InChI is InChI=1S/C13H16BrNO/c14-11-3-1-10(2-4-11)9-13(16)7-8-15-12-5-6-12/h1-4,12,15H,5-9H2. The Labute approximate surface area is 105 Å². The first-order valence-corrected chi connectivity index (χ1v) is 6.53. The van der Waals surface area contributed by atoms with E-state index in [2.05, 4.69) is 21.2 Å². The Hall–Kier alpha value is -0.670. The molecular weight excluding hydrogens is 266 g/mol. The molecule has 1 aromatic carbocycles. The maximum atomic E-state index is 11.6. The molecule has 2 rings (SSSR count). The number of ketones is 1. The van der Waals surface area contributed by atoms with Crippen LogP contribution in [-0.4, -0.2) is 18.4 Å². The van der Waals surface area contributed by atoms with Crippen molar-refractivity contribution < 1.29 is 4.79 Å². The van der Waals surface area contributed by atoms with E-state index in [1.165, 1.54) is 12.8 Å². The molecule has 86 valence electrons. The predicted molar refractivity (Wildman–Crippen MR) is 68.5 cm³/mol. The molecule has 0 unspecified atom stereocenters. The van der Waals surface area contributed by atoms with Crippen molar-refractivity contribution in [2.45, 2.75) is 31.7 Å². The zero-order chi connectivity index (χ0) is 11.4. The van der Waals surface area contributed by atoms with Crippen LogP contribution in [0.3, 0.4) is 0 Å². The van der Waals surface area contributed by atoms with Gasteiger partial charge in [-0.15, -0.1) is 0 Å². The van der Waals surface area contributed by atoms with Crippen LogP contribution in [0.2, 0.25) is 0 Å². The number of carbonyl (C=O) groups excluding carboxylic acids is 1. The van der Waals surface area contributed by atoms with E-state index in [0.29, 0.717) is 24.7 Å². The van der Waals surface area contributed by atoms with Crippen LogP contribution in [0.1, 0.15) is 24.8 Å². The topological polar surface area (TPSA) is 29.1 Å². The Morgan fingerprint density at radius 1 is 1.31 bits per heavy atom. The first-order chi connectivity index (χ1) is 7.74. The minimum atomic E-state index is 0.315. The van der Waals surface area contributed by atoms with Crippen molar-refractivity contribution in [1.82, 2.24) is 5.32 Å². The average molecular weight is 282 g/mol. The highest BCUT2D eigenvalue weighted by Gasteiger charge is 2.19. The van der Waals surface area contributed by atoms with Crippen LogP contribution in [-0.2, 0) is 11.2 Å². The van der Waals surface area contributed by atoms with Crippen LogP contribution < -0.4 is 5.32 Å². The molecule has 1 aromatic rings. The Morgan fingerprint density at radius 3 is 2.62 bits per heavy atom. The van der Waals surface area contributed by atoms with E-state index in [1.807, 2.05) is 24.3 Å². The molecular formula is C13H16BrNO. The molecule has 0 atom stereocenters. The minimum Gasteiger partial charge on any atom is -0.314 e. The van der Waals surface area contributed by atoms with E-state index in [-0.39, 0.29) is 0 Å². The number of halogens is 1. The quantitative estimate of drug-likeness (QED) is 0.869. The number of benzene rings is 1. The summed E-state index contributed by atoms with van der Waals surface area (Å²) in [5.74, 6) is 0.315. The van der Waals surface area contributed by atoms with E-state index in [4.69, 9.17) is 0 Å². The summed E-state index contributed by atoms with van der Waals surface area (Å²) in [6.07, 6.45) is 3.76. The third kappa shape index (κ3) is 4.06. The fourth-order valence-electron chi connectivity index (χ4n) is 1.62. The lowest BCUT2D eigenvalue weighted by molar-refractivity contribution is -0.118. The molecule has 0 spiro atoms. The monoisotopic (exact) mass is 281 g/mol. The van der Waals surface area contributed by atoms with Gasteiger partial charge in [0.05, 0.1) is 0 Å². The normalized spacial score (nSPS) is 15.1. The van der Waals surface area contributed by atoms with E-state index in [1.54, 1.807) is 0 Å². The van der Waals surface area contributed by atoms with Crippen LogP contribution in [0.5, 0.6) is 0 Å². The number of Topliss-reactive ketones (excluding diaryl/α,β-unsaturated/α-hetero) is 1. The van der Waals surface area contributed by atoms with Gasteiger partial charge in [0.15, 0.2) is 0 Å². The van der Waals surface area contributed by atoms with Crippen molar-refractivity contribution in [2.24, 2.45) is 0 Å². The van der Waals surface area contributed by atoms with Crippen molar-refractivity contribution in [3.05, 3.63) is 34.3 Å². The second kappa shape index (κ2) is 5.60.